The summed E-state index contributed by atoms with van der Waals surface area (Å²) in [5.74, 6) is -5.87. The molecular weight excluding hydrogens is 180 g/mol. The summed E-state index contributed by atoms with van der Waals surface area (Å²) >= 11 is 0. The van der Waals surface area contributed by atoms with Crippen molar-refractivity contribution in [2.24, 2.45) is 5.41 Å². The van der Waals surface area contributed by atoms with Crippen molar-refractivity contribution in [2.75, 3.05) is 0 Å². The smallest absolute Gasteiger partial charge is 0.337 e. The maximum Gasteiger partial charge on any atom is 0.337 e. The maximum atomic E-state index is 10.5. The topological polar surface area (TPSA) is 112 Å². The molecule has 0 unspecified atom stereocenters. The lowest BCUT2D eigenvalue weighted by atomic mass is 9.82. The van der Waals surface area contributed by atoms with E-state index in [0.29, 0.717) is 0 Å². The summed E-state index contributed by atoms with van der Waals surface area (Å²) in [5, 5.41) is 25.5. The molecule has 0 aliphatic rings. The molecule has 0 bridgehead atoms. The van der Waals surface area contributed by atoms with Gasteiger partial charge in [0.1, 0.15) is 0 Å². The third-order valence-corrected chi connectivity index (χ3v) is 1.60. The molecule has 0 fully saturated rings. The van der Waals surface area contributed by atoms with E-state index in [-0.39, 0.29) is 0 Å². The zero-order valence-electron chi connectivity index (χ0n) is 6.77. The number of carboxylic acids is 3. The number of carboxylic acid groups (broad SMARTS) is 3. The Morgan fingerprint density at radius 1 is 1.00 bits per heavy atom. The highest BCUT2D eigenvalue weighted by Crippen LogP contribution is 2.27. The van der Waals surface area contributed by atoms with Gasteiger partial charge in [-0.15, -0.1) is 0 Å². The first-order valence-corrected chi connectivity index (χ1v) is 3.14. The second-order valence-corrected chi connectivity index (χ2v) is 2.45. The third kappa shape index (κ3) is 1.37. The first-order chi connectivity index (χ1) is 5.77. The van der Waals surface area contributed by atoms with Crippen LogP contribution in [-0.2, 0) is 14.4 Å². The molecule has 3 N–H and O–H groups in total. The van der Waals surface area contributed by atoms with Crippen LogP contribution in [0.2, 0.25) is 0 Å². The van der Waals surface area contributed by atoms with Crippen LogP contribution >= 0.6 is 0 Å². The van der Waals surface area contributed by atoms with E-state index >= 15 is 0 Å². The van der Waals surface area contributed by atoms with E-state index in [1.807, 2.05) is 0 Å². The van der Waals surface area contributed by atoms with Gasteiger partial charge in [-0.2, -0.15) is 0 Å². The van der Waals surface area contributed by atoms with Gasteiger partial charge in [-0.1, -0.05) is 6.58 Å². The van der Waals surface area contributed by atoms with Crippen molar-refractivity contribution in [2.45, 2.75) is 6.92 Å². The summed E-state index contributed by atoms with van der Waals surface area (Å²) in [5.41, 5.74) is -3.40. The minimum absolute atomic E-state index is 0.458. The SMILES string of the molecule is C=C(C)C(C(=O)O)(C(=O)O)C(=O)O. The molecule has 0 aromatic heterocycles. The molecule has 6 heteroatoms. The largest absolute Gasteiger partial charge is 0.480 e. The van der Waals surface area contributed by atoms with Crippen LogP contribution in [0.15, 0.2) is 12.2 Å². The molecule has 0 saturated heterocycles. The Labute approximate surface area is 73.1 Å². The Bertz CT molecular complexity index is 228. The van der Waals surface area contributed by atoms with Gasteiger partial charge < -0.3 is 15.3 Å². The van der Waals surface area contributed by atoms with Crippen LogP contribution in [0.5, 0.6) is 0 Å². The van der Waals surface area contributed by atoms with Crippen molar-refractivity contribution in [1.29, 1.82) is 0 Å². The van der Waals surface area contributed by atoms with E-state index in [1.165, 1.54) is 0 Å². The van der Waals surface area contributed by atoms with Gasteiger partial charge in [0.05, 0.1) is 0 Å². The van der Waals surface area contributed by atoms with Crippen LogP contribution in [-0.4, -0.2) is 33.2 Å². The van der Waals surface area contributed by atoms with Crippen LogP contribution in [0.1, 0.15) is 6.92 Å². The molecule has 0 aromatic rings. The molecule has 0 heterocycles. The van der Waals surface area contributed by atoms with Crippen molar-refractivity contribution < 1.29 is 29.7 Å². The fourth-order valence-electron chi connectivity index (χ4n) is 0.822. The van der Waals surface area contributed by atoms with Gasteiger partial charge in [0.25, 0.3) is 5.41 Å². The highest BCUT2D eigenvalue weighted by atomic mass is 16.4. The Balaban J connectivity index is 5.60. The van der Waals surface area contributed by atoms with Gasteiger partial charge in [0.2, 0.25) is 0 Å². The molecule has 0 rings (SSSR count). The minimum atomic E-state index is -2.94. The van der Waals surface area contributed by atoms with E-state index in [2.05, 4.69) is 6.58 Å². The predicted octanol–water partition coefficient (Wildman–Crippen LogP) is -0.197. The van der Waals surface area contributed by atoms with Crippen LogP contribution in [0.3, 0.4) is 0 Å². The second kappa shape index (κ2) is 3.26. The van der Waals surface area contributed by atoms with Gasteiger partial charge in [-0.05, 0) is 12.5 Å². The Morgan fingerprint density at radius 3 is 1.23 bits per heavy atom. The van der Waals surface area contributed by atoms with Crippen molar-refractivity contribution in [3.05, 3.63) is 12.2 Å². The summed E-state index contributed by atoms with van der Waals surface area (Å²) in [6.45, 7) is 4.09. The second-order valence-electron chi connectivity index (χ2n) is 2.45. The summed E-state index contributed by atoms with van der Waals surface area (Å²) in [7, 11) is 0. The van der Waals surface area contributed by atoms with Gasteiger partial charge in [-0.3, -0.25) is 0 Å². The lowest BCUT2D eigenvalue weighted by Crippen LogP contribution is -2.47. The maximum absolute atomic E-state index is 10.5. The van der Waals surface area contributed by atoms with Gasteiger partial charge in [-0.25, -0.2) is 14.4 Å². The molecule has 0 atom stereocenters. The monoisotopic (exact) mass is 188 g/mol. The first-order valence-electron chi connectivity index (χ1n) is 3.14. The van der Waals surface area contributed by atoms with Crippen molar-refractivity contribution in [3.8, 4) is 0 Å². The quantitative estimate of drug-likeness (QED) is 0.416. The molecule has 0 radical (unpaired) electrons. The lowest BCUT2D eigenvalue weighted by Gasteiger charge is -2.19. The molecule has 0 saturated carbocycles. The molecule has 72 valence electrons. The van der Waals surface area contributed by atoms with Crippen LogP contribution in [0.25, 0.3) is 0 Å². The van der Waals surface area contributed by atoms with Gasteiger partial charge >= 0.3 is 17.9 Å². The van der Waals surface area contributed by atoms with Crippen molar-refractivity contribution in [1.82, 2.24) is 0 Å². The first kappa shape index (κ1) is 11.2. The fraction of sp³-hybridized carbons (Fsp3) is 0.286. The number of hydrogen-bond acceptors (Lipinski definition) is 3. The number of rotatable bonds is 4. The summed E-state index contributed by atoms with van der Waals surface area (Å²) < 4.78 is 0. The molecule has 13 heavy (non-hydrogen) atoms. The van der Waals surface area contributed by atoms with E-state index in [0.717, 1.165) is 6.92 Å². The van der Waals surface area contributed by atoms with E-state index in [4.69, 9.17) is 15.3 Å². The minimum Gasteiger partial charge on any atom is -0.480 e. The molecule has 0 aliphatic carbocycles. The Kier molecular flexibility index (Phi) is 2.79. The average molecular weight is 188 g/mol. The summed E-state index contributed by atoms with van der Waals surface area (Å²) in [6.07, 6.45) is 0. The molecule has 0 aliphatic heterocycles. The predicted molar refractivity (Wildman–Crippen MR) is 40.2 cm³/mol. The van der Waals surface area contributed by atoms with Crippen LogP contribution in [0.4, 0.5) is 0 Å². The molecular formula is C7H8O6. The van der Waals surface area contributed by atoms with Crippen LogP contribution < -0.4 is 0 Å². The van der Waals surface area contributed by atoms with Gasteiger partial charge in [0.15, 0.2) is 0 Å². The Hall–Kier alpha value is -1.85. The van der Waals surface area contributed by atoms with Gasteiger partial charge in [0, 0.05) is 0 Å². The molecule has 6 nitrogen and oxygen atoms in total. The lowest BCUT2D eigenvalue weighted by molar-refractivity contribution is -0.171. The summed E-state index contributed by atoms with van der Waals surface area (Å²) in [4.78, 5) is 31.6. The van der Waals surface area contributed by atoms with Crippen molar-refractivity contribution in [3.63, 3.8) is 0 Å². The normalized spacial score (nSPS) is 10.5. The highest BCUT2D eigenvalue weighted by Gasteiger charge is 2.55. The van der Waals surface area contributed by atoms with E-state index in [1.54, 1.807) is 0 Å². The number of hydrogen-bond donors (Lipinski definition) is 3. The van der Waals surface area contributed by atoms with Crippen molar-refractivity contribution >= 4 is 17.9 Å². The summed E-state index contributed by atoms with van der Waals surface area (Å²) in [6, 6.07) is 0. The zero-order valence-corrected chi connectivity index (χ0v) is 6.77. The molecule has 0 spiro atoms. The zero-order chi connectivity index (χ0) is 10.8. The third-order valence-electron chi connectivity index (χ3n) is 1.60. The molecule has 0 aromatic carbocycles. The highest BCUT2D eigenvalue weighted by molar-refractivity contribution is 6.19. The van der Waals surface area contributed by atoms with Crippen LogP contribution in [0, 0.1) is 5.41 Å². The fourth-order valence-corrected chi connectivity index (χ4v) is 0.822. The number of aliphatic carboxylic acids is 3. The standard InChI is InChI=1S/C7H8O6/c1-3(2)7(4(8)9,5(10)11)6(12)13/h1H2,2H3,(H,8,9)(H,10,11)(H,12,13). The molecule has 0 amide bonds. The Morgan fingerprint density at radius 2 is 1.23 bits per heavy atom. The average Bonchev–Trinajstić information content (AvgIpc) is 1.82. The number of carbonyl (C=O) groups is 3. The van der Waals surface area contributed by atoms with E-state index in [9.17, 15) is 14.4 Å². The van der Waals surface area contributed by atoms with E-state index < -0.39 is 28.9 Å².